The van der Waals surface area contributed by atoms with Crippen molar-refractivity contribution in [2.75, 3.05) is 13.7 Å². The number of carbonyl (C=O) groups excluding carboxylic acids is 2. The molecule has 2 rings (SSSR count). The van der Waals surface area contributed by atoms with E-state index in [9.17, 15) is 9.59 Å². The van der Waals surface area contributed by atoms with Crippen molar-refractivity contribution in [3.05, 3.63) is 47.2 Å². The Labute approximate surface area is 123 Å². The van der Waals surface area contributed by atoms with Gasteiger partial charge in [0.2, 0.25) is 0 Å². The van der Waals surface area contributed by atoms with E-state index in [2.05, 4.69) is 11.2 Å². The summed E-state index contributed by atoms with van der Waals surface area (Å²) in [5.41, 5.74) is 1.71. The van der Waals surface area contributed by atoms with Gasteiger partial charge in [-0.25, -0.2) is 9.59 Å². The first-order valence-corrected chi connectivity index (χ1v) is 6.45. The van der Waals surface area contributed by atoms with E-state index < -0.39 is 12.0 Å². The zero-order valence-electron chi connectivity index (χ0n) is 11.9. The Balaban J connectivity index is 2.53. The average molecular weight is 284 g/mol. The van der Waals surface area contributed by atoms with Gasteiger partial charge in [0.1, 0.15) is 0 Å². The lowest BCUT2D eigenvalue weighted by Gasteiger charge is -2.34. The van der Waals surface area contributed by atoms with Gasteiger partial charge in [0.15, 0.2) is 0 Å². The third-order valence-corrected chi connectivity index (χ3v) is 3.38. The topological polar surface area (TPSA) is 58.6 Å². The lowest BCUT2D eigenvalue weighted by Crippen LogP contribution is -2.48. The number of hydrogen-bond acceptors (Lipinski definition) is 3. The molecular weight excluding hydrogens is 268 g/mol. The molecule has 1 unspecified atom stereocenters. The molecule has 1 aliphatic rings. The first-order chi connectivity index (χ1) is 10.1. The standard InChI is InChI=1S/C16H16N2O3/c1-4-10-18-11(2)13(15(19)21-3)14(17-16(18)20)12-8-6-5-7-9-12/h1,5-9,14H,10H2,2-3H3,(H,17,20). The molecule has 0 saturated heterocycles. The number of esters is 1. The molecule has 1 aromatic rings. The number of hydrogen-bond donors (Lipinski definition) is 1. The van der Waals surface area contributed by atoms with Gasteiger partial charge < -0.3 is 10.1 Å². The van der Waals surface area contributed by atoms with E-state index in [0.29, 0.717) is 11.3 Å². The molecule has 1 aromatic carbocycles. The van der Waals surface area contributed by atoms with Crippen LogP contribution < -0.4 is 5.32 Å². The van der Waals surface area contributed by atoms with Crippen molar-refractivity contribution in [3.8, 4) is 12.3 Å². The second-order valence-corrected chi connectivity index (χ2v) is 4.57. The van der Waals surface area contributed by atoms with Crippen LogP contribution in [0.3, 0.4) is 0 Å². The van der Waals surface area contributed by atoms with Crippen molar-refractivity contribution in [2.24, 2.45) is 0 Å². The number of terminal acetylenes is 1. The molecule has 2 amide bonds. The maximum atomic E-state index is 12.2. The maximum absolute atomic E-state index is 12.2. The Morgan fingerprint density at radius 1 is 1.43 bits per heavy atom. The number of benzene rings is 1. The minimum atomic E-state index is -0.542. The molecule has 0 aromatic heterocycles. The molecule has 0 aliphatic carbocycles. The summed E-state index contributed by atoms with van der Waals surface area (Å²) in [6.45, 7) is 1.79. The predicted octanol–water partition coefficient (Wildman–Crippen LogP) is 1.83. The number of urea groups is 1. The normalized spacial score (nSPS) is 18.0. The van der Waals surface area contributed by atoms with Crippen LogP contribution in [0.25, 0.3) is 0 Å². The number of nitrogens with zero attached hydrogens (tertiary/aromatic N) is 1. The van der Waals surface area contributed by atoms with Crippen LogP contribution in [0.2, 0.25) is 0 Å². The highest BCUT2D eigenvalue weighted by molar-refractivity contribution is 5.95. The molecule has 0 bridgehead atoms. The third kappa shape index (κ3) is 2.75. The van der Waals surface area contributed by atoms with Crippen molar-refractivity contribution < 1.29 is 14.3 Å². The van der Waals surface area contributed by atoms with Crippen molar-refractivity contribution in [2.45, 2.75) is 13.0 Å². The van der Waals surface area contributed by atoms with Gasteiger partial charge in [0.25, 0.3) is 0 Å². The number of ether oxygens (including phenoxy) is 1. The molecule has 0 radical (unpaired) electrons. The molecule has 1 atom stereocenters. The van der Waals surface area contributed by atoms with Crippen molar-refractivity contribution in [3.63, 3.8) is 0 Å². The number of methoxy groups -OCH3 is 1. The molecule has 5 nitrogen and oxygen atoms in total. The van der Waals surface area contributed by atoms with Gasteiger partial charge in [0.05, 0.1) is 25.3 Å². The molecule has 108 valence electrons. The van der Waals surface area contributed by atoms with Gasteiger partial charge in [-0.1, -0.05) is 36.3 Å². The summed E-state index contributed by atoms with van der Waals surface area (Å²) in [6.07, 6.45) is 5.27. The smallest absolute Gasteiger partial charge is 0.337 e. The van der Waals surface area contributed by atoms with Gasteiger partial charge in [-0.15, -0.1) is 6.42 Å². The lowest BCUT2D eigenvalue weighted by atomic mass is 9.95. The van der Waals surface area contributed by atoms with Crippen LogP contribution in [0.15, 0.2) is 41.6 Å². The number of nitrogens with one attached hydrogen (secondary N) is 1. The Morgan fingerprint density at radius 2 is 2.10 bits per heavy atom. The SMILES string of the molecule is C#CCN1C(=O)NC(c2ccccc2)C(C(=O)OC)=C1C. The van der Waals surface area contributed by atoms with Crippen LogP contribution in [0.5, 0.6) is 0 Å². The summed E-state index contributed by atoms with van der Waals surface area (Å²) in [6, 6.07) is 8.38. The first-order valence-electron chi connectivity index (χ1n) is 6.45. The van der Waals surface area contributed by atoms with Crippen molar-refractivity contribution in [1.29, 1.82) is 0 Å². The highest BCUT2D eigenvalue weighted by Gasteiger charge is 2.35. The quantitative estimate of drug-likeness (QED) is 0.680. The third-order valence-electron chi connectivity index (χ3n) is 3.38. The maximum Gasteiger partial charge on any atom is 0.337 e. The molecule has 1 heterocycles. The van der Waals surface area contributed by atoms with E-state index in [0.717, 1.165) is 5.56 Å². The Bertz CT molecular complexity index is 629. The minimum Gasteiger partial charge on any atom is -0.466 e. The monoisotopic (exact) mass is 284 g/mol. The fourth-order valence-electron chi connectivity index (χ4n) is 2.33. The molecule has 0 spiro atoms. The molecule has 21 heavy (non-hydrogen) atoms. The van der Waals surface area contributed by atoms with E-state index in [1.165, 1.54) is 12.0 Å². The fraction of sp³-hybridized carbons (Fsp3) is 0.250. The van der Waals surface area contributed by atoms with Gasteiger partial charge >= 0.3 is 12.0 Å². The Kier molecular flexibility index (Phi) is 4.29. The lowest BCUT2D eigenvalue weighted by molar-refractivity contribution is -0.136. The van der Waals surface area contributed by atoms with E-state index in [1.807, 2.05) is 30.3 Å². The summed E-state index contributed by atoms with van der Waals surface area (Å²) in [7, 11) is 1.31. The average Bonchev–Trinajstić information content (AvgIpc) is 2.51. The number of carbonyl (C=O) groups is 2. The summed E-state index contributed by atoms with van der Waals surface area (Å²) >= 11 is 0. The summed E-state index contributed by atoms with van der Waals surface area (Å²) in [5, 5.41) is 2.80. The second-order valence-electron chi connectivity index (χ2n) is 4.57. The molecular formula is C16H16N2O3. The van der Waals surface area contributed by atoms with E-state index >= 15 is 0 Å². The highest BCUT2D eigenvalue weighted by atomic mass is 16.5. The summed E-state index contributed by atoms with van der Waals surface area (Å²) in [4.78, 5) is 25.6. The van der Waals surface area contributed by atoms with Gasteiger partial charge in [-0.2, -0.15) is 0 Å². The second kappa shape index (κ2) is 6.14. The fourth-order valence-corrected chi connectivity index (χ4v) is 2.33. The van der Waals surface area contributed by atoms with Gasteiger partial charge in [-0.05, 0) is 12.5 Å². The summed E-state index contributed by atoms with van der Waals surface area (Å²) in [5.74, 6) is 1.93. The minimum absolute atomic E-state index is 0.0969. The van der Waals surface area contributed by atoms with Crippen molar-refractivity contribution in [1.82, 2.24) is 10.2 Å². The van der Waals surface area contributed by atoms with Gasteiger partial charge in [-0.3, -0.25) is 4.90 Å². The number of rotatable bonds is 3. The molecule has 0 saturated carbocycles. The van der Waals surface area contributed by atoms with Crippen LogP contribution in [-0.4, -0.2) is 30.6 Å². The zero-order valence-corrected chi connectivity index (χ0v) is 11.9. The van der Waals surface area contributed by atoms with Crippen molar-refractivity contribution >= 4 is 12.0 Å². The first kappa shape index (κ1) is 14.7. The Morgan fingerprint density at radius 3 is 2.67 bits per heavy atom. The molecule has 0 fully saturated rings. The van der Waals surface area contributed by atoms with Crippen LogP contribution in [0.4, 0.5) is 4.79 Å². The predicted molar refractivity (Wildman–Crippen MR) is 78.0 cm³/mol. The van der Waals surface area contributed by atoms with Gasteiger partial charge in [0, 0.05) is 5.70 Å². The van der Waals surface area contributed by atoms with E-state index in [4.69, 9.17) is 11.2 Å². The summed E-state index contributed by atoms with van der Waals surface area (Å²) < 4.78 is 4.85. The number of allylic oxidation sites excluding steroid dienone is 1. The largest absolute Gasteiger partial charge is 0.466 e. The van der Waals surface area contributed by atoms with E-state index in [-0.39, 0.29) is 12.6 Å². The number of amides is 2. The van der Waals surface area contributed by atoms with Crippen LogP contribution in [0, 0.1) is 12.3 Å². The van der Waals surface area contributed by atoms with E-state index in [1.54, 1.807) is 6.92 Å². The van der Waals surface area contributed by atoms with Crippen LogP contribution in [-0.2, 0) is 9.53 Å². The molecule has 5 heteroatoms. The Hall–Kier alpha value is -2.74. The molecule has 1 aliphatic heterocycles. The van der Waals surface area contributed by atoms with Crippen LogP contribution in [0.1, 0.15) is 18.5 Å². The zero-order chi connectivity index (χ0) is 15.4. The molecule has 1 N–H and O–H groups in total. The highest BCUT2D eigenvalue weighted by Crippen LogP contribution is 2.30. The van der Waals surface area contributed by atoms with Crippen LogP contribution >= 0.6 is 0 Å².